The van der Waals surface area contributed by atoms with Crippen LogP contribution in [0.25, 0.3) is 0 Å². The molecule has 0 aliphatic heterocycles. The van der Waals surface area contributed by atoms with Gasteiger partial charge in [-0.3, -0.25) is 9.79 Å². The molecule has 0 atom stereocenters. The highest BCUT2D eigenvalue weighted by molar-refractivity contribution is 6.25. The molecule has 0 saturated carbocycles. The largest absolute Gasteiger partial charge is 0.467 e. The van der Waals surface area contributed by atoms with Crippen LogP contribution in [-0.4, -0.2) is 11.5 Å². The van der Waals surface area contributed by atoms with Crippen LogP contribution in [0.3, 0.4) is 0 Å². The summed E-state index contributed by atoms with van der Waals surface area (Å²) in [6.45, 7) is 13.6. The van der Waals surface area contributed by atoms with Crippen molar-refractivity contribution in [2.24, 2.45) is 4.99 Å². The maximum Gasteiger partial charge on any atom is 0.193 e. The Morgan fingerprint density at radius 1 is 0.771 bits per heavy atom. The Balaban J connectivity index is 1.68. The van der Waals surface area contributed by atoms with Crippen molar-refractivity contribution in [3.05, 3.63) is 118 Å². The number of aliphatic imine (C=N–C) groups is 1. The zero-order valence-corrected chi connectivity index (χ0v) is 21.7. The van der Waals surface area contributed by atoms with Gasteiger partial charge in [0.2, 0.25) is 0 Å². The molecule has 0 unspecified atom stereocenters. The second-order valence-corrected chi connectivity index (χ2v) is 11.2. The lowest BCUT2D eigenvalue weighted by Gasteiger charge is -2.20. The Morgan fingerprint density at radius 2 is 1.31 bits per heavy atom. The average molecular weight is 466 g/mol. The normalized spacial score (nSPS) is 14.6. The van der Waals surface area contributed by atoms with E-state index < -0.39 is 0 Å². The number of nitrogens with zero attached hydrogens (tertiary/aromatic N) is 1. The zero-order chi connectivity index (χ0) is 25.2. The first-order valence-electron chi connectivity index (χ1n) is 12.3. The molecule has 3 aromatic rings. The van der Waals surface area contributed by atoms with Gasteiger partial charge in [-0.25, -0.2) is 0 Å². The SMILES string of the molecule is CC(C)(C)c1ccc(C(=O)C2=CCC=C2C(=NCc2ccco2)c2ccc(C(C)(C)C)cc2)cc1. The molecule has 2 aromatic carbocycles. The Hall–Kier alpha value is -3.46. The van der Waals surface area contributed by atoms with Crippen LogP contribution >= 0.6 is 0 Å². The molecule has 180 valence electrons. The van der Waals surface area contributed by atoms with Gasteiger partial charge in [0, 0.05) is 22.3 Å². The molecule has 3 nitrogen and oxygen atoms in total. The minimum Gasteiger partial charge on any atom is -0.467 e. The number of ketones is 1. The Kier molecular flexibility index (Phi) is 6.80. The molecular formula is C32H35NO2. The van der Waals surface area contributed by atoms with E-state index in [4.69, 9.17) is 9.41 Å². The molecule has 0 amide bonds. The van der Waals surface area contributed by atoms with Crippen molar-refractivity contribution in [3.63, 3.8) is 0 Å². The summed E-state index contributed by atoms with van der Waals surface area (Å²) in [4.78, 5) is 18.5. The molecule has 0 saturated heterocycles. The quantitative estimate of drug-likeness (QED) is 0.273. The van der Waals surface area contributed by atoms with Gasteiger partial charge in [0.25, 0.3) is 0 Å². The summed E-state index contributed by atoms with van der Waals surface area (Å²) in [5, 5.41) is 0. The lowest BCUT2D eigenvalue weighted by molar-refractivity contribution is 0.103. The number of carbonyl (C=O) groups excluding carboxylic acids is 1. The number of carbonyl (C=O) groups is 1. The number of allylic oxidation sites excluding steroid dienone is 4. The highest BCUT2D eigenvalue weighted by Crippen LogP contribution is 2.30. The number of Topliss-reactive ketones (excluding diaryl/α,β-unsaturated/α-hetero) is 1. The predicted molar refractivity (Wildman–Crippen MR) is 144 cm³/mol. The molecule has 0 N–H and O–H groups in total. The number of benzene rings is 2. The first-order valence-corrected chi connectivity index (χ1v) is 12.3. The highest BCUT2D eigenvalue weighted by Gasteiger charge is 2.25. The summed E-state index contributed by atoms with van der Waals surface area (Å²) in [6.07, 6.45) is 6.50. The summed E-state index contributed by atoms with van der Waals surface area (Å²) >= 11 is 0. The van der Waals surface area contributed by atoms with Crippen molar-refractivity contribution in [1.29, 1.82) is 0 Å². The van der Waals surface area contributed by atoms with Crippen molar-refractivity contribution in [2.75, 3.05) is 0 Å². The number of hydrogen-bond acceptors (Lipinski definition) is 3. The minimum absolute atomic E-state index is 0.0335. The van der Waals surface area contributed by atoms with E-state index in [2.05, 4.69) is 84.0 Å². The second-order valence-electron chi connectivity index (χ2n) is 11.2. The van der Waals surface area contributed by atoms with Crippen LogP contribution in [0.4, 0.5) is 0 Å². The molecule has 4 rings (SSSR count). The molecule has 1 aliphatic rings. The van der Waals surface area contributed by atoms with E-state index in [9.17, 15) is 4.79 Å². The fraction of sp³-hybridized carbons (Fsp3) is 0.312. The van der Waals surface area contributed by atoms with Crippen molar-refractivity contribution in [1.82, 2.24) is 0 Å². The van der Waals surface area contributed by atoms with Crippen LogP contribution in [-0.2, 0) is 17.4 Å². The van der Waals surface area contributed by atoms with Gasteiger partial charge in [0.05, 0.1) is 18.5 Å². The molecule has 0 spiro atoms. The van der Waals surface area contributed by atoms with E-state index in [1.807, 2.05) is 30.3 Å². The van der Waals surface area contributed by atoms with Gasteiger partial charge < -0.3 is 4.42 Å². The molecule has 3 heteroatoms. The number of furan rings is 1. The third-order valence-electron chi connectivity index (χ3n) is 6.44. The lowest BCUT2D eigenvalue weighted by atomic mass is 9.85. The van der Waals surface area contributed by atoms with E-state index in [0.29, 0.717) is 17.7 Å². The summed E-state index contributed by atoms with van der Waals surface area (Å²) in [5.74, 6) is 0.827. The Bertz CT molecular complexity index is 1270. The van der Waals surface area contributed by atoms with Crippen molar-refractivity contribution in [3.8, 4) is 0 Å². The standard InChI is InChI=1S/C32H35NO2/c1-31(2,3)24-16-12-22(13-17-24)29(33-21-26-9-8-20-35-26)27-10-7-11-28(27)30(34)23-14-18-25(19-15-23)32(4,5)6/h8-20H,7,21H2,1-6H3. The minimum atomic E-state index is 0.0335. The fourth-order valence-corrected chi connectivity index (χ4v) is 4.25. The summed E-state index contributed by atoms with van der Waals surface area (Å²) < 4.78 is 5.52. The zero-order valence-electron chi connectivity index (χ0n) is 21.7. The van der Waals surface area contributed by atoms with Crippen LogP contribution in [0.15, 0.2) is 99.6 Å². The first kappa shape index (κ1) is 24.7. The van der Waals surface area contributed by atoms with Gasteiger partial charge in [-0.15, -0.1) is 0 Å². The summed E-state index contributed by atoms with van der Waals surface area (Å²) in [6, 6.07) is 20.3. The predicted octanol–water partition coefficient (Wildman–Crippen LogP) is 8.00. The lowest BCUT2D eigenvalue weighted by Crippen LogP contribution is -2.15. The number of hydrogen-bond donors (Lipinski definition) is 0. The summed E-state index contributed by atoms with van der Waals surface area (Å²) in [5.41, 5.74) is 6.72. The second kappa shape index (κ2) is 9.65. The smallest absolute Gasteiger partial charge is 0.193 e. The van der Waals surface area contributed by atoms with Crippen molar-refractivity contribution >= 4 is 11.5 Å². The Morgan fingerprint density at radius 3 is 1.83 bits per heavy atom. The van der Waals surface area contributed by atoms with Crippen LogP contribution in [0, 0.1) is 0 Å². The van der Waals surface area contributed by atoms with Gasteiger partial charge in [-0.2, -0.15) is 0 Å². The molecule has 35 heavy (non-hydrogen) atoms. The fourth-order valence-electron chi connectivity index (χ4n) is 4.25. The molecule has 1 aromatic heterocycles. The Labute approximate surface area is 209 Å². The third-order valence-corrected chi connectivity index (χ3v) is 6.44. The molecule has 1 heterocycles. The molecule has 0 bridgehead atoms. The maximum absolute atomic E-state index is 13.6. The van der Waals surface area contributed by atoms with E-state index >= 15 is 0 Å². The molecular weight excluding hydrogens is 430 g/mol. The summed E-state index contributed by atoms with van der Waals surface area (Å²) in [7, 11) is 0. The van der Waals surface area contributed by atoms with Crippen LogP contribution < -0.4 is 0 Å². The van der Waals surface area contributed by atoms with E-state index in [-0.39, 0.29) is 16.6 Å². The van der Waals surface area contributed by atoms with Crippen LogP contribution in [0.5, 0.6) is 0 Å². The first-order chi connectivity index (χ1) is 16.5. The maximum atomic E-state index is 13.6. The molecule has 0 fully saturated rings. The topological polar surface area (TPSA) is 42.6 Å². The van der Waals surface area contributed by atoms with E-state index in [0.717, 1.165) is 29.0 Å². The number of rotatable bonds is 6. The molecule has 1 aliphatic carbocycles. The van der Waals surface area contributed by atoms with E-state index in [1.165, 1.54) is 11.1 Å². The van der Waals surface area contributed by atoms with Gasteiger partial charge in [0.15, 0.2) is 5.78 Å². The van der Waals surface area contributed by atoms with Gasteiger partial charge in [0.1, 0.15) is 5.76 Å². The highest BCUT2D eigenvalue weighted by atomic mass is 16.3. The van der Waals surface area contributed by atoms with Crippen molar-refractivity contribution in [2.45, 2.75) is 65.3 Å². The van der Waals surface area contributed by atoms with Gasteiger partial charge in [-0.05, 0) is 40.5 Å². The van der Waals surface area contributed by atoms with Gasteiger partial charge >= 0.3 is 0 Å². The van der Waals surface area contributed by atoms with Crippen molar-refractivity contribution < 1.29 is 9.21 Å². The van der Waals surface area contributed by atoms with Gasteiger partial charge in [-0.1, -0.05) is 102 Å². The third kappa shape index (κ3) is 5.62. The van der Waals surface area contributed by atoms with Crippen LogP contribution in [0.1, 0.15) is 80.8 Å². The molecule has 0 radical (unpaired) electrons. The van der Waals surface area contributed by atoms with Crippen LogP contribution in [0.2, 0.25) is 0 Å². The monoisotopic (exact) mass is 465 g/mol. The average Bonchev–Trinajstić information content (AvgIpc) is 3.51. The van der Waals surface area contributed by atoms with E-state index in [1.54, 1.807) is 6.26 Å².